The zero-order valence-electron chi connectivity index (χ0n) is 12.9. The monoisotopic (exact) mass is 292 g/mol. The van der Waals surface area contributed by atoms with E-state index in [1.54, 1.807) is 0 Å². The molecule has 1 atom stereocenters. The lowest BCUT2D eigenvalue weighted by atomic mass is 9.49. The number of carboxylic acid groups (broad SMARTS) is 1. The summed E-state index contributed by atoms with van der Waals surface area (Å²) in [5, 5.41) is 14.0. The number of unbranched alkanes of at least 4 members (excludes halogenated alkanes) is 1. The van der Waals surface area contributed by atoms with Gasteiger partial charge in [0.2, 0.25) is 5.91 Å². The van der Waals surface area contributed by atoms with Gasteiger partial charge in [0, 0.05) is 5.41 Å². The number of aliphatic carboxylic acids is 1. The molecule has 4 aliphatic carbocycles. The molecule has 118 valence electrons. The summed E-state index contributed by atoms with van der Waals surface area (Å²) in [6.07, 6.45) is 8.98. The first-order valence-electron chi connectivity index (χ1n) is 8.54. The van der Waals surface area contributed by atoms with Crippen LogP contribution in [0.15, 0.2) is 0 Å². The molecule has 4 heteroatoms. The highest BCUT2D eigenvalue weighted by Gasteiger charge is 2.54. The van der Waals surface area contributed by atoms with Crippen LogP contribution in [0.4, 0.5) is 0 Å². The van der Waals surface area contributed by atoms with Gasteiger partial charge in [-0.05, 0) is 62.7 Å². The minimum Gasteiger partial charge on any atom is -0.548 e. The number of amides is 1. The highest BCUT2D eigenvalue weighted by Crippen LogP contribution is 2.60. The van der Waals surface area contributed by atoms with Crippen molar-refractivity contribution in [2.75, 3.05) is 0 Å². The topological polar surface area (TPSA) is 69.2 Å². The number of hydrogen-bond donors (Lipinski definition) is 1. The van der Waals surface area contributed by atoms with Crippen LogP contribution in [0.25, 0.3) is 0 Å². The van der Waals surface area contributed by atoms with Gasteiger partial charge in [-0.2, -0.15) is 0 Å². The van der Waals surface area contributed by atoms with E-state index in [0.29, 0.717) is 24.2 Å². The molecule has 4 fully saturated rings. The van der Waals surface area contributed by atoms with Crippen molar-refractivity contribution in [1.82, 2.24) is 5.32 Å². The van der Waals surface area contributed by atoms with Crippen LogP contribution >= 0.6 is 0 Å². The second kappa shape index (κ2) is 5.62. The smallest absolute Gasteiger partial charge is 0.226 e. The fraction of sp³-hybridized carbons (Fsp3) is 0.882. The van der Waals surface area contributed by atoms with Crippen LogP contribution in [0, 0.1) is 23.2 Å². The van der Waals surface area contributed by atoms with E-state index in [1.165, 1.54) is 19.3 Å². The Hall–Kier alpha value is -1.06. The minimum absolute atomic E-state index is 0.00750. The maximum Gasteiger partial charge on any atom is 0.226 e. The molecule has 0 aromatic heterocycles. The van der Waals surface area contributed by atoms with Crippen molar-refractivity contribution < 1.29 is 14.7 Å². The highest BCUT2D eigenvalue weighted by atomic mass is 16.4. The molecule has 0 aromatic carbocycles. The Morgan fingerprint density at radius 2 is 1.67 bits per heavy atom. The van der Waals surface area contributed by atoms with Crippen LogP contribution < -0.4 is 10.4 Å². The third-order valence-corrected chi connectivity index (χ3v) is 5.96. The first kappa shape index (κ1) is 14.9. The third kappa shape index (κ3) is 2.82. The van der Waals surface area contributed by atoms with Gasteiger partial charge in [-0.25, -0.2) is 0 Å². The van der Waals surface area contributed by atoms with Crippen LogP contribution in [-0.4, -0.2) is 17.9 Å². The van der Waals surface area contributed by atoms with Crippen LogP contribution in [0.5, 0.6) is 0 Å². The second-order valence-electron chi connectivity index (χ2n) is 7.69. The Balaban J connectivity index is 1.68. The van der Waals surface area contributed by atoms with E-state index in [4.69, 9.17) is 0 Å². The zero-order chi connectivity index (χ0) is 15.0. The molecular formula is C17H26NO3-. The Morgan fingerprint density at radius 3 is 2.10 bits per heavy atom. The summed E-state index contributed by atoms with van der Waals surface area (Å²) < 4.78 is 0. The lowest BCUT2D eigenvalue weighted by molar-refractivity contribution is -0.308. The lowest BCUT2D eigenvalue weighted by Crippen LogP contribution is -2.57. The quantitative estimate of drug-likeness (QED) is 0.809. The van der Waals surface area contributed by atoms with Gasteiger partial charge in [-0.15, -0.1) is 0 Å². The summed E-state index contributed by atoms with van der Waals surface area (Å²) in [5.74, 6) is 0.936. The first-order valence-corrected chi connectivity index (χ1v) is 8.54. The first-order chi connectivity index (χ1) is 10.0. The van der Waals surface area contributed by atoms with Crippen molar-refractivity contribution in [3.05, 3.63) is 0 Å². The molecule has 21 heavy (non-hydrogen) atoms. The van der Waals surface area contributed by atoms with E-state index < -0.39 is 12.0 Å². The summed E-state index contributed by atoms with van der Waals surface area (Å²) in [4.78, 5) is 24.0. The van der Waals surface area contributed by atoms with E-state index in [9.17, 15) is 14.7 Å². The Morgan fingerprint density at radius 1 is 1.14 bits per heavy atom. The highest BCUT2D eigenvalue weighted by molar-refractivity contribution is 5.87. The van der Waals surface area contributed by atoms with Crippen molar-refractivity contribution in [3.8, 4) is 0 Å². The number of hydrogen-bond acceptors (Lipinski definition) is 3. The third-order valence-electron chi connectivity index (χ3n) is 5.96. The molecule has 0 spiro atoms. The van der Waals surface area contributed by atoms with Gasteiger partial charge in [-0.1, -0.05) is 19.8 Å². The zero-order valence-corrected chi connectivity index (χ0v) is 12.9. The van der Waals surface area contributed by atoms with Gasteiger partial charge >= 0.3 is 0 Å². The normalized spacial score (nSPS) is 38.2. The fourth-order valence-electron chi connectivity index (χ4n) is 5.36. The Bertz CT molecular complexity index is 396. The van der Waals surface area contributed by atoms with Crippen molar-refractivity contribution in [2.24, 2.45) is 23.2 Å². The van der Waals surface area contributed by atoms with Crippen molar-refractivity contribution >= 4 is 11.9 Å². The predicted molar refractivity (Wildman–Crippen MR) is 77.1 cm³/mol. The molecule has 4 rings (SSSR count). The average Bonchev–Trinajstić information content (AvgIpc) is 2.41. The largest absolute Gasteiger partial charge is 0.548 e. The molecule has 0 aliphatic heterocycles. The van der Waals surface area contributed by atoms with Gasteiger partial charge < -0.3 is 15.2 Å². The molecule has 4 bridgehead atoms. The van der Waals surface area contributed by atoms with Crippen LogP contribution in [0.3, 0.4) is 0 Å². The van der Waals surface area contributed by atoms with Gasteiger partial charge in [0.1, 0.15) is 0 Å². The lowest BCUT2D eigenvalue weighted by Gasteiger charge is -2.55. The molecule has 4 aliphatic rings. The van der Waals surface area contributed by atoms with Gasteiger partial charge in [0.25, 0.3) is 0 Å². The van der Waals surface area contributed by atoms with Gasteiger partial charge in [-0.3, -0.25) is 4.79 Å². The molecule has 0 saturated heterocycles. The standard InChI is InChI=1S/C17H27NO3/c1-2-3-4-14(15(19)20)18-16(21)17-8-11-5-12(9-17)7-13(6-11)10-17/h11-14H,2-10H2,1H3,(H,18,21)(H,19,20)/p-1/t11?,12?,13?,14-,17?/m1/s1. The summed E-state index contributed by atoms with van der Waals surface area (Å²) >= 11 is 0. The van der Waals surface area contributed by atoms with E-state index in [2.05, 4.69) is 5.32 Å². The van der Waals surface area contributed by atoms with Crippen molar-refractivity contribution in [3.63, 3.8) is 0 Å². The summed E-state index contributed by atoms with van der Waals surface area (Å²) in [5.41, 5.74) is -0.269. The molecule has 0 unspecified atom stereocenters. The van der Waals surface area contributed by atoms with Crippen LogP contribution in [-0.2, 0) is 9.59 Å². The van der Waals surface area contributed by atoms with Gasteiger partial charge in [0.15, 0.2) is 0 Å². The molecule has 4 saturated carbocycles. The predicted octanol–water partition coefficient (Wildman–Crippen LogP) is 1.63. The maximum atomic E-state index is 12.8. The Labute approximate surface area is 126 Å². The summed E-state index contributed by atoms with van der Waals surface area (Å²) in [6, 6.07) is -0.814. The Kier molecular flexibility index (Phi) is 3.98. The van der Waals surface area contributed by atoms with E-state index in [0.717, 1.165) is 32.1 Å². The number of nitrogens with one attached hydrogen (secondary N) is 1. The molecule has 1 N–H and O–H groups in total. The minimum atomic E-state index is -1.14. The van der Waals surface area contributed by atoms with E-state index in [-0.39, 0.29) is 11.3 Å². The number of carboxylic acids is 1. The molecular weight excluding hydrogens is 266 g/mol. The van der Waals surface area contributed by atoms with Crippen LogP contribution in [0.2, 0.25) is 0 Å². The average molecular weight is 292 g/mol. The van der Waals surface area contributed by atoms with Crippen molar-refractivity contribution in [2.45, 2.75) is 70.8 Å². The molecule has 0 aromatic rings. The van der Waals surface area contributed by atoms with E-state index >= 15 is 0 Å². The molecule has 1 amide bonds. The maximum absolute atomic E-state index is 12.8. The number of carbonyl (C=O) groups excluding carboxylic acids is 2. The van der Waals surface area contributed by atoms with E-state index in [1.807, 2.05) is 6.92 Å². The number of carbonyl (C=O) groups is 2. The van der Waals surface area contributed by atoms with Crippen molar-refractivity contribution in [1.29, 1.82) is 0 Å². The molecule has 0 radical (unpaired) electrons. The molecule has 0 heterocycles. The van der Waals surface area contributed by atoms with Crippen LogP contribution in [0.1, 0.15) is 64.7 Å². The van der Waals surface area contributed by atoms with Gasteiger partial charge in [0.05, 0.1) is 12.0 Å². The SMILES string of the molecule is CCCC[C@@H](NC(=O)C12CC3CC(CC(C3)C1)C2)C(=O)[O-]. The fourth-order valence-corrected chi connectivity index (χ4v) is 5.36. The summed E-state index contributed by atoms with van der Waals surface area (Å²) in [7, 11) is 0. The second-order valence-corrected chi connectivity index (χ2v) is 7.69. The summed E-state index contributed by atoms with van der Waals surface area (Å²) in [6.45, 7) is 2.02. The molecule has 4 nitrogen and oxygen atoms in total. The number of rotatable bonds is 6.